The van der Waals surface area contributed by atoms with Crippen LogP contribution in [0.15, 0.2) is 22.7 Å². The highest BCUT2D eigenvalue weighted by molar-refractivity contribution is 9.10. The third-order valence-corrected chi connectivity index (χ3v) is 5.86. The number of benzene rings is 1. The summed E-state index contributed by atoms with van der Waals surface area (Å²) >= 11 is 3.60. The van der Waals surface area contributed by atoms with E-state index in [1.165, 1.54) is 44.2 Å². The van der Waals surface area contributed by atoms with Crippen molar-refractivity contribution in [1.29, 1.82) is 0 Å². The summed E-state index contributed by atoms with van der Waals surface area (Å²) in [7, 11) is 1.70. The Kier molecular flexibility index (Phi) is 4.87. The summed E-state index contributed by atoms with van der Waals surface area (Å²) < 4.78 is 6.35. The van der Waals surface area contributed by atoms with Crippen LogP contribution in [0.25, 0.3) is 0 Å². The fourth-order valence-electron chi connectivity index (χ4n) is 4.18. The van der Waals surface area contributed by atoms with Gasteiger partial charge in [0.2, 0.25) is 0 Å². The Balaban J connectivity index is 1.83. The zero-order valence-electron chi connectivity index (χ0n) is 12.7. The minimum Gasteiger partial charge on any atom is -0.496 e. The molecule has 2 N–H and O–H groups in total. The second kappa shape index (κ2) is 6.67. The van der Waals surface area contributed by atoms with Gasteiger partial charge in [-0.05, 0) is 65.4 Å². The van der Waals surface area contributed by atoms with Crippen molar-refractivity contribution in [2.45, 2.75) is 44.2 Å². The topological polar surface area (TPSA) is 38.5 Å². The number of fused-ring (bicyclic) bond motifs is 1. The van der Waals surface area contributed by atoms with Gasteiger partial charge in [-0.3, -0.25) is 4.90 Å². The fourth-order valence-corrected chi connectivity index (χ4v) is 4.74. The number of methoxy groups -OCH3 is 1. The molecule has 1 heterocycles. The van der Waals surface area contributed by atoms with Crippen molar-refractivity contribution in [1.82, 2.24) is 4.90 Å². The number of nitrogens with two attached hydrogens (primary N) is 1. The maximum absolute atomic E-state index is 6.14. The second-order valence-electron chi connectivity index (χ2n) is 6.28. The van der Waals surface area contributed by atoms with Crippen LogP contribution in [0.4, 0.5) is 0 Å². The molecule has 1 aromatic carbocycles. The van der Waals surface area contributed by atoms with Crippen molar-refractivity contribution in [3.05, 3.63) is 28.2 Å². The van der Waals surface area contributed by atoms with E-state index in [0.29, 0.717) is 12.6 Å². The van der Waals surface area contributed by atoms with Gasteiger partial charge < -0.3 is 10.5 Å². The molecule has 3 unspecified atom stereocenters. The highest BCUT2D eigenvalue weighted by Gasteiger charge is 2.39. The normalized spacial score (nSPS) is 27.4. The van der Waals surface area contributed by atoms with Gasteiger partial charge in [-0.1, -0.05) is 18.9 Å². The molecular weight excluding hydrogens is 328 g/mol. The van der Waals surface area contributed by atoms with Crippen LogP contribution in [0.2, 0.25) is 0 Å². The van der Waals surface area contributed by atoms with E-state index in [9.17, 15) is 0 Å². The first-order valence-corrected chi connectivity index (χ1v) is 8.83. The van der Waals surface area contributed by atoms with E-state index in [-0.39, 0.29) is 0 Å². The minimum absolute atomic E-state index is 0.334. The molecule has 0 aromatic heterocycles. The quantitative estimate of drug-likeness (QED) is 0.897. The Labute approximate surface area is 136 Å². The van der Waals surface area contributed by atoms with Gasteiger partial charge in [0.1, 0.15) is 5.75 Å². The summed E-state index contributed by atoms with van der Waals surface area (Å²) in [6.07, 6.45) is 6.89. The zero-order valence-corrected chi connectivity index (χ0v) is 14.3. The van der Waals surface area contributed by atoms with Gasteiger partial charge >= 0.3 is 0 Å². The molecule has 2 aliphatic rings. The molecule has 0 amide bonds. The molecule has 2 fully saturated rings. The molecule has 21 heavy (non-hydrogen) atoms. The lowest BCUT2D eigenvalue weighted by Crippen LogP contribution is -2.40. The Bertz CT molecular complexity index is 494. The summed E-state index contributed by atoms with van der Waals surface area (Å²) in [4.78, 5) is 2.66. The van der Waals surface area contributed by atoms with E-state index in [1.807, 2.05) is 6.07 Å². The summed E-state index contributed by atoms with van der Waals surface area (Å²) in [5, 5.41) is 0. The van der Waals surface area contributed by atoms with Gasteiger partial charge in [0.25, 0.3) is 0 Å². The Morgan fingerprint density at radius 3 is 2.86 bits per heavy atom. The number of likely N-dealkylation sites (tertiary alicyclic amines) is 1. The first kappa shape index (κ1) is 15.3. The molecule has 1 saturated heterocycles. The predicted octanol–water partition coefficient (Wildman–Crippen LogP) is 3.72. The van der Waals surface area contributed by atoms with Crippen molar-refractivity contribution in [2.24, 2.45) is 11.7 Å². The van der Waals surface area contributed by atoms with Gasteiger partial charge in [0.15, 0.2) is 0 Å². The van der Waals surface area contributed by atoms with Crippen molar-refractivity contribution in [3.8, 4) is 5.75 Å². The highest BCUT2D eigenvalue weighted by Crippen LogP contribution is 2.41. The Morgan fingerprint density at radius 1 is 1.33 bits per heavy atom. The molecule has 1 aromatic rings. The average Bonchev–Trinajstić information content (AvgIpc) is 2.93. The molecular formula is C17H25BrN2O. The maximum Gasteiger partial charge on any atom is 0.133 e. The number of hydrogen-bond donors (Lipinski definition) is 1. The Morgan fingerprint density at radius 2 is 2.14 bits per heavy atom. The molecule has 116 valence electrons. The van der Waals surface area contributed by atoms with Gasteiger partial charge in [-0.25, -0.2) is 0 Å². The number of nitrogens with zero attached hydrogens (tertiary/aromatic N) is 1. The number of halogens is 1. The standard InChI is InChI=1S/C17H25BrN2O/c1-21-17-7-6-13(10-14(17)18)16(11-19)20-9-8-12-4-2-3-5-15(12)20/h6-7,10,12,15-16H,2-5,8-9,11,19H2,1H3. The van der Waals surface area contributed by atoms with E-state index < -0.39 is 0 Å². The van der Waals surface area contributed by atoms with E-state index in [1.54, 1.807) is 7.11 Å². The van der Waals surface area contributed by atoms with Crippen molar-refractivity contribution < 1.29 is 4.74 Å². The summed E-state index contributed by atoms with van der Waals surface area (Å²) in [6, 6.07) is 7.45. The molecule has 1 aliphatic heterocycles. The largest absolute Gasteiger partial charge is 0.496 e. The highest BCUT2D eigenvalue weighted by atomic mass is 79.9. The lowest BCUT2D eigenvalue weighted by molar-refractivity contribution is 0.135. The third-order valence-electron chi connectivity index (χ3n) is 5.24. The molecule has 1 saturated carbocycles. The van der Waals surface area contributed by atoms with Crippen LogP contribution < -0.4 is 10.5 Å². The smallest absolute Gasteiger partial charge is 0.133 e. The van der Waals surface area contributed by atoms with Gasteiger partial charge in [0.05, 0.1) is 11.6 Å². The lowest BCUT2D eigenvalue weighted by Gasteiger charge is -2.37. The van der Waals surface area contributed by atoms with Crippen LogP contribution >= 0.6 is 15.9 Å². The van der Waals surface area contributed by atoms with E-state index in [4.69, 9.17) is 10.5 Å². The fraction of sp³-hybridized carbons (Fsp3) is 0.647. The number of rotatable bonds is 4. The van der Waals surface area contributed by atoms with E-state index >= 15 is 0 Å². The van der Waals surface area contributed by atoms with E-state index in [2.05, 4.69) is 33.0 Å². The lowest BCUT2D eigenvalue weighted by atomic mass is 9.84. The maximum atomic E-state index is 6.14. The van der Waals surface area contributed by atoms with Crippen molar-refractivity contribution >= 4 is 15.9 Å². The molecule has 1 aliphatic carbocycles. The zero-order chi connectivity index (χ0) is 14.8. The van der Waals surface area contributed by atoms with Crippen LogP contribution in [0, 0.1) is 5.92 Å². The molecule has 0 radical (unpaired) electrons. The first-order valence-electron chi connectivity index (χ1n) is 8.04. The summed E-state index contributed by atoms with van der Waals surface area (Å²) in [5.41, 5.74) is 7.44. The minimum atomic E-state index is 0.334. The Hall–Kier alpha value is -0.580. The summed E-state index contributed by atoms with van der Waals surface area (Å²) in [5.74, 6) is 1.78. The van der Waals surface area contributed by atoms with Crippen LogP contribution in [0.5, 0.6) is 5.75 Å². The summed E-state index contributed by atoms with van der Waals surface area (Å²) in [6.45, 7) is 1.88. The van der Waals surface area contributed by atoms with Crippen LogP contribution in [0.1, 0.15) is 43.7 Å². The first-order chi connectivity index (χ1) is 10.2. The number of hydrogen-bond acceptors (Lipinski definition) is 3. The molecule has 3 rings (SSSR count). The van der Waals surface area contributed by atoms with Crippen LogP contribution in [-0.4, -0.2) is 31.1 Å². The molecule has 3 nitrogen and oxygen atoms in total. The average molecular weight is 353 g/mol. The van der Waals surface area contributed by atoms with Crippen LogP contribution in [0.3, 0.4) is 0 Å². The van der Waals surface area contributed by atoms with Crippen molar-refractivity contribution in [3.63, 3.8) is 0 Å². The number of ether oxygens (including phenoxy) is 1. The van der Waals surface area contributed by atoms with Gasteiger partial charge in [0, 0.05) is 18.6 Å². The predicted molar refractivity (Wildman–Crippen MR) is 89.6 cm³/mol. The molecule has 4 heteroatoms. The second-order valence-corrected chi connectivity index (χ2v) is 7.14. The van der Waals surface area contributed by atoms with Gasteiger partial charge in [-0.15, -0.1) is 0 Å². The third kappa shape index (κ3) is 2.99. The van der Waals surface area contributed by atoms with Gasteiger partial charge in [-0.2, -0.15) is 0 Å². The van der Waals surface area contributed by atoms with E-state index in [0.717, 1.165) is 22.2 Å². The molecule has 0 spiro atoms. The molecule has 3 atom stereocenters. The monoisotopic (exact) mass is 352 g/mol. The SMILES string of the molecule is COc1ccc(C(CN)N2CCC3CCCCC32)cc1Br. The van der Waals surface area contributed by atoms with Crippen molar-refractivity contribution in [2.75, 3.05) is 20.2 Å². The van der Waals surface area contributed by atoms with Crippen LogP contribution in [-0.2, 0) is 0 Å². The molecule has 0 bridgehead atoms.